The van der Waals surface area contributed by atoms with E-state index >= 15 is 0 Å². The number of methoxy groups -OCH3 is 1. The molecular formula is C23H23N3O4S. The minimum Gasteiger partial charge on any atom is -0.380 e. The van der Waals surface area contributed by atoms with Crippen molar-refractivity contribution in [2.24, 2.45) is 14.1 Å². The Morgan fingerprint density at radius 3 is 2.39 bits per heavy atom. The average molecular weight is 438 g/mol. The molecule has 0 aliphatic heterocycles. The van der Waals surface area contributed by atoms with Crippen molar-refractivity contribution >= 4 is 20.6 Å². The zero-order chi connectivity index (χ0) is 22.3. The number of pyridine rings is 1. The molecule has 4 aromatic rings. The van der Waals surface area contributed by atoms with Crippen LogP contribution in [-0.2, 0) is 35.3 Å². The molecule has 0 saturated carbocycles. The SMILES string of the molecule is COCc1ccc(S(C)(=O)=O)cc1-c1cn(C)c(=O)c2ccc(-c3cnn(C)c3)cc12. The van der Waals surface area contributed by atoms with Gasteiger partial charge in [-0.05, 0) is 46.3 Å². The van der Waals surface area contributed by atoms with Gasteiger partial charge in [-0.15, -0.1) is 0 Å². The molecule has 2 heterocycles. The minimum atomic E-state index is -3.41. The van der Waals surface area contributed by atoms with Gasteiger partial charge in [0, 0.05) is 56.4 Å². The van der Waals surface area contributed by atoms with E-state index in [1.54, 1.807) is 55.5 Å². The van der Waals surface area contributed by atoms with Crippen LogP contribution in [0.15, 0.2) is 64.7 Å². The molecule has 0 fully saturated rings. The van der Waals surface area contributed by atoms with Gasteiger partial charge < -0.3 is 9.30 Å². The van der Waals surface area contributed by atoms with Crippen molar-refractivity contribution in [3.05, 3.63) is 70.9 Å². The van der Waals surface area contributed by atoms with Gasteiger partial charge in [0.25, 0.3) is 5.56 Å². The van der Waals surface area contributed by atoms with E-state index in [1.807, 2.05) is 25.4 Å². The lowest BCUT2D eigenvalue weighted by atomic mass is 9.94. The molecule has 2 aromatic heterocycles. The van der Waals surface area contributed by atoms with E-state index in [0.29, 0.717) is 17.6 Å². The zero-order valence-electron chi connectivity index (χ0n) is 17.8. The summed E-state index contributed by atoms with van der Waals surface area (Å²) in [5.74, 6) is 0. The summed E-state index contributed by atoms with van der Waals surface area (Å²) < 4.78 is 33.0. The lowest BCUT2D eigenvalue weighted by molar-refractivity contribution is 0.185. The summed E-state index contributed by atoms with van der Waals surface area (Å²) in [7, 11) is 1.72. The fourth-order valence-corrected chi connectivity index (χ4v) is 4.40. The number of rotatable bonds is 5. The summed E-state index contributed by atoms with van der Waals surface area (Å²) in [5.41, 5.74) is 4.04. The molecule has 2 aromatic carbocycles. The second-order valence-electron chi connectivity index (χ2n) is 7.65. The first-order valence-electron chi connectivity index (χ1n) is 9.64. The average Bonchev–Trinajstić information content (AvgIpc) is 3.16. The van der Waals surface area contributed by atoms with Crippen LogP contribution in [0.5, 0.6) is 0 Å². The Bertz CT molecular complexity index is 1470. The van der Waals surface area contributed by atoms with Gasteiger partial charge in [-0.25, -0.2) is 8.42 Å². The topological polar surface area (TPSA) is 83.2 Å². The fourth-order valence-electron chi connectivity index (χ4n) is 3.75. The maximum Gasteiger partial charge on any atom is 0.258 e. The van der Waals surface area contributed by atoms with Crippen molar-refractivity contribution in [2.75, 3.05) is 13.4 Å². The number of aryl methyl sites for hydroxylation is 2. The predicted octanol–water partition coefficient (Wildman–Crippen LogP) is 3.16. The van der Waals surface area contributed by atoms with Gasteiger partial charge in [0.2, 0.25) is 0 Å². The van der Waals surface area contributed by atoms with Crippen LogP contribution in [0.3, 0.4) is 0 Å². The number of ether oxygens (including phenoxy) is 1. The number of hydrogen-bond donors (Lipinski definition) is 0. The van der Waals surface area contributed by atoms with Crippen molar-refractivity contribution in [1.29, 1.82) is 0 Å². The molecule has 0 aliphatic carbocycles. The van der Waals surface area contributed by atoms with E-state index in [1.165, 1.54) is 10.8 Å². The third-order valence-electron chi connectivity index (χ3n) is 5.32. The molecule has 0 radical (unpaired) electrons. The first-order chi connectivity index (χ1) is 14.7. The van der Waals surface area contributed by atoms with Crippen LogP contribution in [0.25, 0.3) is 33.0 Å². The molecule has 0 bridgehead atoms. The van der Waals surface area contributed by atoms with E-state index in [2.05, 4.69) is 5.10 Å². The quantitative estimate of drug-likeness (QED) is 0.479. The first-order valence-corrected chi connectivity index (χ1v) is 11.5. The summed E-state index contributed by atoms with van der Waals surface area (Å²) >= 11 is 0. The highest BCUT2D eigenvalue weighted by molar-refractivity contribution is 7.90. The summed E-state index contributed by atoms with van der Waals surface area (Å²) in [4.78, 5) is 13.0. The van der Waals surface area contributed by atoms with E-state index in [-0.39, 0.29) is 10.5 Å². The molecule has 0 spiro atoms. The van der Waals surface area contributed by atoms with Crippen molar-refractivity contribution in [3.63, 3.8) is 0 Å². The normalized spacial score (nSPS) is 11.9. The lowest BCUT2D eigenvalue weighted by Gasteiger charge is -2.15. The minimum absolute atomic E-state index is 0.121. The van der Waals surface area contributed by atoms with Gasteiger partial charge in [0.1, 0.15) is 0 Å². The Hall–Kier alpha value is -3.23. The maximum atomic E-state index is 12.8. The van der Waals surface area contributed by atoms with Gasteiger partial charge in [-0.2, -0.15) is 5.10 Å². The molecule has 0 unspecified atom stereocenters. The van der Waals surface area contributed by atoms with Crippen molar-refractivity contribution in [1.82, 2.24) is 14.3 Å². The van der Waals surface area contributed by atoms with E-state index in [0.717, 1.165) is 27.6 Å². The number of aromatic nitrogens is 3. The molecule has 31 heavy (non-hydrogen) atoms. The van der Waals surface area contributed by atoms with E-state index < -0.39 is 9.84 Å². The molecule has 7 nitrogen and oxygen atoms in total. The number of fused-ring (bicyclic) bond motifs is 1. The standard InChI is InChI=1S/C23H23N3O4S/c1-25-13-22(20-10-18(31(4,28)29)7-5-16(20)14-30-3)21-9-15(6-8-19(21)23(25)27)17-11-24-26(2)12-17/h5-13H,14H2,1-4H3. The van der Waals surface area contributed by atoms with Crippen LogP contribution in [0.2, 0.25) is 0 Å². The fraction of sp³-hybridized carbons (Fsp3) is 0.217. The summed E-state index contributed by atoms with van der Waals surface area (Å²) in [6, 6.07) is 10.6. The van der Waals surface area contributed by atoms with E-state index in [4.69, 9.17) is 4.74 Å². The zero-order valence-corrected chi connectivity index (χ0v) is 18.6. The molecule has 0 aliphatic rings. The highest BCUT2D eigenvalue weighted by atomic mass is 32.2. The first kappa shape index (κ1) is 21.0. The van der Waals surface area contributed by atoms with Gasteiger partial charge in [0.15, 0.2) is 9.84 Å². The van der Waals surface area contributed by atoms with Crippen molar-refractivity contribution < 1.29 is 13.2 Å². The second kappa shape index (κ2) is 7.79. The van der Waals surface area contributed by atoms with Crippen molar-refractivity contribution in [2.45, 2.75) is 11.5 Å². The van der Waals surface area contributed by atoms with Gasteiger partial charge >= 0.3 is 0 Å². The largest absolute Gasteiger partial charge is 0.380 e. The molecule has 0 N–H and O–H groups in total. The van der Waals surface area contributed by atoms with Crippen LogP contribution < -0.4 is 5.56 Å². The smallest absolute Gasteiger partial charge is 0.258 e. The third-order valence-corrected chi connectivity index (χ3v) is 6.43. The molecule has 0 amide bonds. The second-order valence-corrected chi connectivity index (χ2v) is 9.66. The van der Waals surface area contributed by atoms with Crippen LogP contribution in [-0.4, -0.2) is 36.1 Å². The lowest BCUT2D eigenvalue weighted by Crippen LogP contribution is -2.17. The maximum absolute atomic E-state index is 12.8. The van der Waals surface area contributed by atoms with Crippen molar-refractivity contribution in [3.8, 4) is 22.3 Å². The number of sulfone groups is 1. The van der Waals surface area contributed by atoms with Crippen LogP contribution >= 0.6 is 0 Å². The highest BCUT2D eigenvalue weighted by Crippen LogP contribution is 2.34. The molecule has 8 heteroatoms. The van der Waals surface area contributed by atoms with Crippen LogP contribution in [0, 0.1) is 0 Å². The molecule has 0 atom stereocenters. The molecule has 0 saturated heterocycles. The number of nitrogens with zero attached hydrogens (tertiary/aromatic N) is 3. The molecule has 4 rings (SSSR count). The van der Waals surface area contributed by atoms with Gasteiger partial charge in [0.05, 0.1) is 17.7 Å². The Balaban J connectivity index is 2.07. The van der Waals surface area contributed by atoms with Crippen LogP contribution in [0.1, 0.15) is 5.56 Å². The van der Waals surface area contributed by atoms with Crippen LogP contribution in [0.4, 0.5) is 0 Å². The predicted molar refractivity (Wildman–Crippen MR) is 121 cm³/mol. The Morgan fingerprint density at radius 2 is 1.74 bits per heavy atom. The third kappa shape index (κ3) is 3.92. The summed E-state index contributed by atoms with van der Waals surface area (Å²) in [6.07, 6.45) is 6.60. The number of benzene rings is 2. The Kier molecular flexibility index (Phi) is 5.28. The van der Waals surface area contributed by atoms with E-state index in [9.17, 15) is 13.2 Å². The Labute approximate surface area is 180 Å². The summed E-state index contributed by atoms with van der Waals surface area (Å²) in [6.45, 7) is 0.312. The van der Waals surface area contributed by atoms with Gasteiger partial charge in [-0.3, -0.25) is 9.48 Å². The molecule has 160 valence electrons. The number of hydrogen-bond acceptors (Lipinski definition) is 5. The van der Waals surface area contributed by atoms with Gasteiger partial charge in [-0.1, -0.05) is 12.1 Å². The monoisotopic (exact) mass is 437 g/mol. The Morgan fingerprint density at radius 1 is 0.968 bits per heavy atom. The molecular weight excluding hydrogens is 414 g/mol. The highest BCUT2D eigenvalue weighted by Gasteiger charge is 2.17. The summed E-state index contributed by atoms with van der Waals surface area (Å²) in [5, 5.41) is 5.53.